The van der Waals surface area contributed by atoms with Crippen LogP contribution in [0.5, 0.6) is 0 Å². The Hall–Kier alpha value is -3.85. The molecule has 5 rings (SSSR count). The number of rotatable bonds is 5. The number of benzene rings is 2. The molecule has 0 aliphatic rings. The Kier molecular flexibility index (Phi) is 4.56. The number of carbonyl (C=O) groups excluding carboxylic acids is 1. The van der Waals surface area contributed by atoms with E-state index in [9.17, 15) is 9.59 Å². The normalized spacial score (nSPS) is 11.2. The zero-order valence-corrected chi connectivity index (χ0v) is 16.5. The van der Waals surface area contributed by atoms with Gasteiger partial charge in [-0.15, -0.1) is 0 Å². The Morgan fingerprint density at radius 1 is 1.07 bits per heavy atom. The van der Waals surface area contributed by atoms with Crippen molar-refractivity contribution in [3.05, 3.63) is 77.0 Å². The largest absolute Gasteiger partial charge is 0.310 e. The van der Waals surface area contributed by atoms with Gasteiger partial charge >= 0.3 is 0 Å². The predicted molar refractivity (Wildman–Crippen MR) is 116 cm³/mol. The van der Waals surface area contributed by atoms with Crippen molar-refractivity contribution in [2.24, 2.45) is 0 Å². The summed E-state index contributed by atoms with van der Waals surface area (Å²) < 4.78 is 2.63. The number of aromatic nitrogens is 5. The number of amides is 1. The molecule has 1 amide bonds. The standard InChI is InChI=1S/C21H16N6O2S/c28-18(26-21-23-15-8-4-5-9-16(15)30-21)11-10-17-24-19-14(20(29)25-17)12-22-27(19)13-6-2-1-3-7-13/h1-9,12H,10-11H2,(H,23,26,28)(H,24,25,29). The molecule has 0 bridgehead atoms. The molecule has 0 fully saturated rings. The number of aromatic amines is 1. The first kappa shape index (κ1) is 18.2. The Morgan fingerprint density at radius 3 is 2.70 bits per heavy atom. The maximum atomic E-state index is 12.4. The van der Waals surface area contributed by atoms with E-state index in [4.69, 9.17) is 0 Å². The molecule has 0 radical (unpaired) electrons. The van der Waals surface area contributed by atoms with Crippen molar-refractivity contribution in [2.75, 3.05) is 5.32 Å². The van der Waals surface area contributed by atoms with E-state index in [0.29, 0.717) is 28.4 Å². The highest BCUT2D eigenvalue weighted by Crippen LogP contribution is 2.25. The summed E-state index contributed by atoms with van der Waals surface area (Å²) in [6, 6.07) is 17.2. The van der Waals surface area contributed by atoms with Gasteiger partial charge in [-0.3, -0.25) is 9.59 Å². The van der Waals surface area contributed by atoms with Crippen molar-refractivity contribution in [3.63, 3.8) is 0 Å². The number of thiazole rings is 1. The number of H-pyrrole nitrogens is 1. The van der Waals surface area contributed by atoms with E-state index in [0.717, 1.165) is 15.9 Å². The summed E-state index contributed by atoms with van der Waals surface area (Å²) in [6.45, 7) is 0. The molecule has 0 aliphatic heterocycles. The summed E-state index contributed by atoms with van der Waals surface area (Å²) in [5, 5.41) is 8.06. The van der Waals surface area contributed by atoms with Gasteiger partial charge in [0.05, 0.1) is 22.1 Å². The lowest BCUT2D eigenvalue weighted by Crippen LogP contribution is -2.16. The SMILES string of the molecule is O=C(CCc1nc2c(cnn2-c2ccccc2)c(=O)[nH]1)Nc1nc2ccccc2s1. The molecule has 0 atom stereocenters. The fraction of sp³-hybridized carbons (Fsp3) is 0.0952. The van der Waals surface area contributed by atoms with E-state index < -0.39 is 0 Å². The second-order valence-electron chi connectivity index (χ2n) is 6.68. The highest BCUT2D eigenvalue weighted by molar-refractivity contribution is 7.22. The van der Waals surface area contributed by atoms with Crippen LogP contribution in [0.2, 0.25) is 0 Å². The lowest BCUT2D eigenvalue weighted by atomic mass is 10.2. The Bertz CT molecular complexity index is 1390. The minimum absolute atomic E-state index is 0.170. The molecule has 8 nitrogen and oxygen atoms in total. The van der Waals surface area contributed by atoms with Crippen LogP contribution >= 0.6 is 11.3 Å². The van der Waals surface area contributed by atoms with Gasteiger partial charge in [-0.25, -0.2) is 14.6 Å². The van der Waals surface area contributed by atoms with Crippen molar-refractivity contribution in [3.8, 4) is 5.69 Å². The van der Waals surface area contributed by atoms with E-state index >= 15 is 0 Å². The lowest BCUT2D eigenvalue weighted by Gasteiger charge is -2.05. The Morgan fingerprint density at radius 2 is 1.87 bits per heavy atom. The van der Waals surface area contributed by atoms with Crippen molar-refractivity contribution < 1.29 is 4.79 Å². The maximum absolute atomic E-state index is 12.4. The summed E-state index contributed by atoms with van der Waals surface area (Å²) in [5.41, 5.74) is 1.85. The monoisotopic (exact) mass is 416 g/mol. The Balaban J connectivity index is 1.35. The summed E-state index contributed by atoms with van der Waals surface area (Å²) in [7, 11) is 0. The van der Waals surface area contributed by atoms with Gasteiger partial charge in [0.1, 0.15) is 11.2 Å². The van der Waals surface area contributed by atoms with E-state index in [2.05, 4.69) is 25.4 Å². The van der Waals surface area contributed by atoms with Gasteiger partial charge in [0, 0.05) is 12.8 Å². The van der Waals surface area contributed by atoms with E-state index in [1.165, 1.54) is 17.5 Å². The molecular weight excluding hydrogens is 400 g/mol. The van der Waals surface area contributed by atoms with Crippen LogP contribution < -0.4 is 10.9 Å². The highest BCUT2D eigenvalue weighted by Gasteiger charge is 2.13. The van der Waals surface area contributed by atoms with Gasteiger partial charge in [-0.2, -0.15) is 5.10 Å². The number of carbonyl (C=O) groups is 1. The molecule has 2 aromatic carbocycles. The molecule has 0 saturated carbocycles. The topological polar surface area (TPSA) is 106 Å². The van der Waals surface area contributed by atoms with Gasteiger partial charge in [-0.05, 0) is 24.3 Å². The number of nitrogens with zero attached hydrogens (tertiary/aromatic N) is 4. The van der Waals surface area contributed by atoms with Gasteiger partial charge in [0.25, 0.3) is 5.56 Å². The molecule has 0 aliphatic carbocycles. The highest BCUT2D eigenvalue weighted by atomic mass is 32.1. The third kappa shape index (κ3) is 3.46. The quantitative estimate of drug-likeness (QED) is 0.457. The maximum Gasteiger partial charge on any atom is 0.262 e. The average Bonchev–Trinajstić information content (AvgIpc) is 3.36. The van der Waals surface area contributed by atoms with Crippen molar-refractivity contribution in [2.45, 2.75) is 12.8 Å². The molecule has 30 heavy (non-hydrogen) atoms. The van der Waals surface area contributed by atoms with Gasteiger partial charge in [0.15, 0.2) is 10.8 Å². The number of fused-ring (bicyclic) bond motifs is 2. The first-order valence-corrected chi connectivity index (χ1v) is 10.2. The van der Waals surface area contributed by atoms with Crippen LogP contribution in [0.15, 0.2) is 65.6 Å². The van der Waals surface area contributed by atoms with Crippen molar-refractivity contribution in [1.82, 2.24) is 24.7 Å². The first-order valence-electron chi connectivity index (χ1n) is 9.35. The predicted octanol–water partition coefficient (Wildman–Crippen LogP) is 3.29. The lowest BCUT2D eigenvalue weighted by molar-refractivity contribution is -0.116. The number of para-hydroxylation sites is 2. The third-order valence-electron chi connectivity index (χ3n) is 4.62. The molecule has 2 N–H and O–H groups in total. The zero-order valence-electron chi connectivity index (χ0n) is 15.7. The number of nitrogens with one attached hydrogen (secondary N) is 2. The van der Waals surface area contributed by atoms with Crippen LogP contribution in [0.1, 0.15) is 12.2 Å². The van der Waals surface area contributed by atoms with Crippen LogP contribution in [0, 0.1) is 0 Å². The first-order chi connectivity index (χ1) is 14.7. The van der Waals surface area contributed by atoms with Crippen LogP contribution in [0.25, 0.3) is 26.9 Å². The van der Waals surface area contributed by atoms with Crippen molar-refractivity contribution >= 4 is 43.6 Å². The molecule has 148 valence electrons. The van der Waals surface area contributed by atoms with Crippen molar-refractivity contribution in [1.29, 1.82) is 0 Å². The average molecular weight is 416 g/mol. The number of anilines is 1. The molecule has 3 heterocycles. The zero-order chi connectivity index (χ0) is 20.5. The third-order valence-corrected chi connectivity index (χ3v) is 5.57. The van der Waals surface area contributed by atoms with Crippen LogP contribution in [0.4, 0.5) is 5.13 Å². The van der Waals surface area contributed by atoms with E-state index in [-0.39, 0.29) is 17.9 Å². The fourth-order valence-electron chi connectivity index (χ4n) is 3.18. The molecule has 0 spiro atoms. The Labute approximate surface area is 174 Å². The second-order valence-corrected chi connectivity index (χ2v) is 7.71. The minimum atomic E-state index is -0.274. The van der Waals surface area contributed by atoms with E-state index in [1.807, 2.05) is 54.6 Å². The smallest absolute Gasteiger partial charge is 0.262 e. The number of hydrogen-bond donors (Lipinski definition) is 2. The summed E-state index contributed by atoms with van der Waals surface area (Å²) >= 11 is 1.42. The molecule has 0 saturated heterocycles. The van der Waals surface area contributed by atoms with Gasteiger partial charge in [0.2, 0.25) is 5.91 Å². The summed E-state index contributed by atoms with van der Waals surface area (Å²) in [6.07, 6.45) is 1.96. The summed E-state index contributed by atoms with van der Waals surface area (Å²) in [4.78, 5) is 36.5. The molecule has 3 aromatic heterocycles. The summed E-state index contributed by atoms with van der Waals surface area (Å²) in [5.74, 6) is 0.248. The van der Waals surface area contributed by atoms with Crippen LogP contribution in [-0.2, 0) is 11.2 Å². The number of hydrogen-bond acceptors (Lipinski definition) is 6. The van der Waals surface area contributed by atoms with Crippen LogP contribution in [-0.4, -0.2) is 30.6 Å². The molecular formula is C21H16N6O2S. The number of aryl methyl sites for hydroxylation is 1. The molecule has 9 heteroatoms. The van der Waals surface area contributed by atoms with Crippen LogP contribution in [0.3, 0.4) is 0 Å². The van der Waals surface area contributed by atoms with Gasteiger partial charge < -0.3 is 10.3 Å². The van der Waals surface area contributed by atoms with Gasteiger partial charge in [-0.1, -0.05) is 41.7 Å². The van der Waals surface area contributed by atoms with E-state index in [1.54, 1.807) is 4.68 Å². The molecule has 5 aromatic rings. The fourth-order valence-corrected chi connectivity index (χ4v) is 4.06. The molecule has 0 unspecified atom stereocenters. The second kappa shape index (κ2) is 7.53. The minimum Gasteiger partial charge on any atom is -0.310 e.